The first-order valence-electron chi connectivity index (χ1n) is 11.4. The number of likely N-dealkylation sites (tertiary alicyclic amines) is 1. The Bertz CT molecular complexity index is 1060. The van der Waals surface area contributed by atoms with Crippen molar-refractivity contribution in [2.75, 3.05) is 26.7 Å². The lowest BCUT2D eigenvalue weighted by molar-refractivity contribution is -0.130. The van der Waals surface area contributed by atoms with Gasteiger partial charge in [-0.1, -0.05) is 24.3 Å². The second kappa shape index (κ2) is 10.2. The smallest absolute Gasteiger partial charge is 0.219 e. The molecule has 0 radical (unpaired) electrons. The minimum absolute atomic E-state index is 0.0358. The predicted molar refractivity (Wildman–Crippen MR) is 127 cm³/mol. The Morgan fingerprint density at radius 3 is 2.42 bits per heavy atom. The average molecular weight is 450 g/mol. The number of ether oxygens (including phenoxy) is 1. The largest absolute Gasteiger partial charge is 0.497 e. The van der Waals surface area contributed by atoms with Crippen molar-refractivity contribution in [1.82, 2.24) is 14.4 Å². The van der Waals surface area contributed by atoms with E-state index in [-0.39, 0.29) is 11.7 Å². The van der Waals surface area contributed by atoms with Crippen molar-refractivity contribution in [2.24, 2.45) is 13.0 Å². The normalized spacial score (nSPS) is 18.4. The van der Waals surface area contributed by atoms with Gasteiger partial charge in [0, 0.05) is 64.5 Å². The minimum atomic E-state index is -0.264. The Hall–Kier alpha value is -3.12. The van der Waals surface area contributed by atoms with Gasteiger partial charge in [0.1, 0.15) is 11.6 Å². The fourth-order valence-corrected chi connectivity index (χ4v) is 4.79. The SMILES string of the molecule is COc1ccc(C2CN(Cc3cccn3C)CC2CN(Cc2ccc(F)cc2)C(C)=O)cc1. The van der Waals surface area contributed by atoms with Crippen molar-refractivity contribution in [3.8, 4) is 5.75 Å². The van der Waals surface area contributed by atoms with Crippen LogP contribution in [-0.2, 0) is 24.9 Å². The zero-order valence-corrected chi connectivity index (χ0v) is 19.6. The maximum Gasteiger partial charge on any atom is 0.219 e. The highest BCUT2D eigenvalue weighted by Gasteiger charge is 2.35. The first-order chi connectivity index (χ1) is 15.9. The van der Waals surface area contributed by atoms with Crippen LogP contribution in [-0.4, -0.2) is 47.0 Å². The fourth-order valence-electron chi connectivity index (χ4n) is 4.79. The summed E-state index contributed by atoms with van der Waals surface area (Å²) in [5.41, 5.74) is 3.48. The molecule has 174 valence electrons. The lowest BCUT2D eigenvalue weighted by Crippen LogP contribution is -2.35. The van der Waals surface area contributed by atoms with Gasteiger partial charge in [0.05, 0.1) is 7.11 Å². The number of benzene rings is 2. The maximum atomic E-state index is 13.3. The molecule has 0 bridgehead atoms. The average Bonchev–Trinajstić information content (AvgIpc) is 3.40. The Morgan fingerprint density at radius 1 is 1.09 bits per heavy atom. The molecule has 1 aliphatic heterocycles. The number of carbonyl (C=O) groups excluding carboxylic acids is 1. The number of aromatic nitrogens is 1. The molecule has 1 fully saturated rings. The number of aryl methyl sites for hydroxylation is 1. The second-order valence-corrected chi connectivity index (χ2v) is 8.97. The van der Waals surface area contributed by atoms with Gasteiger partial charge in [-0.3, -0.25) is 9.69 Å². The van der Waals surface area contributed by atoms with Gasteiger partial charge in [-0.2, -0.15) is 0 Å². The van der Waals surface area contributed by atoms with Crippen LogP contribution in [0.2, 0.25) is 0 Å². The maximum absolute atomic E-state index is 13.3. The van der Waals surface area contributed by atoms with Crippen LogP contribution in [0.25, 0.3) is 0 Å². The Morgan fingerprint density at radius 2 is 1.82 bits per heavy atom. The lowest BCUT2D eigenvalue weighted by Gasteiger charge is -2.28. The second-order valence-electron chi connectivity index (χ2n) is 8.97. The van der Waals surface area contributed by atoms with Crippen molar-refractivity contribution >= 4 is 5.91 Å². The van der Waals surface area contributed by atoms with E-state index in [9.17, 15) is 9.18 Å². The Balaban J connectivity index is 1.54. The molecule has 5 nitrogen and oxygen atoms in total. The van der Waals surface area contributed by atoms with Gasteiger partial charge in [0.2, 0.25) is 5.91 Å². The van der Waals surface area contributed by atoms with Crippen LogP contribution in [0.3, 0.4) is 0 Å². The topological polar surface area (TPSA) is 37.7 Å². The molecule has 2 heterocycles. The van der Waals surface area contributed by atoms with Crippen molar-refractivity contribution in [3.63, 3.8) is 0 Å². The molecule has 33 heavy (non-hydrogen) atoms. The summed E-state index contributed by atoms with van der Waals surface area (Å²) in [6.45, 7) is 5.49. The van der Waals surface area contributed by atoms with Gasteiger partial charge in [-0.05, 0) is 53.4 Å². The van der Waals surface area contributed by atoms with E-state index in [1.807, 2.05) is 17.0 Å². The van der Waals surface area contributed by atoms with E-state index < -0.39 is 0 Å². The van der Waals surface area contributed by atoms with Gasteiger partial charge >= 0.3 is 0 Å². The summed E-state index contributed by atoms with van der Waals surface area (Å²) in [6, 6.07) is 18.9. The van der Waals surface area contributed by atoms with Crippen molar-refractivity contribution in [3.05, 3.63) is 89.5 Å². The molecule has 6 heteroatoms. The third-order valence-corrected chi connectivity index (χ3v) is 6.68. The number of nitrogens with zero attached hydrogens (tertiary/aromatic N) is 3. The number of carbonyl (C=O) groups is 1. The predicted octanol–water partition coefficient (Wildman–Crippen LogP) is 4.44. The van der Waals surface area contributed by atoms with Crippen LogP contribution in [0.4, 0.5) is 4.39 Å². The van der Waals surface area contributed by atoms with Gasteiger partial charge < -0.3 is 14.2 Å². The van der Waals surface area contributed by atoms with Crippen molar-refractivity contribution in [1.29, 1.82) is 0 Å². The minimum Gasteiger partial charge on any atom is -0.497 e. The zero-order valence-electron chi connectivity index (χ0n) is 19.6. The summed E-state index contributed by atoms with van der Waals surface area (Å²) in [5.74, 6) is 1.22. The number of rotatable bonds is 8. The van der Waals surface area contributed by atoms with Gasteiger partial charge in [-0.25, -0.2) is 4.39 Å². The summed E-state index contributed by atoms with van der Waals surface area (Å²) in [6.07, 6.45) is 2.07. The molecule has 2 atom stereocenters. The van der Waals surface area contributed by atoms with E-state index in [1.54, 1.807) is 26.2 Å². The van der Waals surface area contributed by atoms with Crippen LogP contribution in [0.15, 0.2) is 66.9 Å². The molecule has 1 aromatic heterocycles. The summed E-state index contributed by atoms with van der Waals surface area (Å²) < 4.78 is 20.8. The third kappa shape index (κ3) is 5.63. The van der Waals surface area contributed by atoms with Gasteiger partial charge in [-0.15, -0.1) is 0 Å². The molecule has 2 aromatic carbocycles. The fraction of sp³-hybridized carbons (Fsp3) is 0.370. The number of hydrogen-bond donors (Lipinski definition) is 0. The van der Waals surface area contributed by atoms with Crippen LogP contribution >= 0.6 is 0 Å². The molecule has 2 unspecified atom stereocenters. The highest BCUT2D eigenvalue weighted by molar-refractivity contribution is 5.73. The highest BCUT2D eigenvalue weighted by atomic mass is 19.1. The van der Waals surface area contributed by atoms with E-state index in [2.05, 4.69) is 47.0 Å². The van der Waals surface area contributed by atoms with Crippen molar-refractivity contribution in [2.45, 2.75) is 25.9 Å². The summed E-state index contributed by atoms with van der Waals surface area (Å²) in [7, 11) is 3.75. The van der Waals surface area contributed by atoms with E-state index in [1.165, 1.54) is 23.4 Å². The Labute approximate surface area is 195 Å². The summed E-state index contributed by atoms with van der Waals surface area (Å²) in [5, 5.41) is 0. The lowest BCUT2D eigenvalue weighted by atomic mass is 9.88. The molecule has 0 spiro atoms. The van der Waals surface area contributed by atoms with Crippen LogP contribution in [0.5, 0.6) is 5.75 Å². The quantitative estimate of drug-likeness (QED) is 0.510. The van der Waals surface area contributed by atoms with E-state index in [4.69, 9.17) is 4.74 Å². The molecular formula is C27H32FN3O2. The van der Waals surface area contributed by atoms with E-state index >= 15 is 0 Å². The molecule has 1 amide bonds. The highest BCUT2D eigenvalue weighted by Crippen LogP contribution is 2.35. The summed E-state index contributed by atoms with van der Waals surface area (Å²) in [4.78, 5) is 16.9. The van der Waals surface area contributed by atoms with Gasteiger partial charge in [0.15, 0.2) is 0 Å². The van der Waals surface area contributed by atoms with Gasteiger partial charge in [0.25, 0.3) is 0 Å². The molecule has 0 saturated carbocycles. The Kier molecular flexibility index (Phi) is 7.14. The number of halogens is 1. The molecule has 0 N–H and O–H groups in total. The van der Waals surface area contributed by atoms with Crippen LogP contribution < -0.4 is 4.74 Å². The first-order valence-corrected chi connectivity index (χ1v) is 11.4. The summed E-state index contributed by atoms with van der Waals surface area (Å²) >= 11 is 0. The first kappa shape index (κ1) is 23.1. The molecule has 0 aliphatic carbocycles. The molecule has 3 aromatic rings. The van der Waals surface area contributed by atoms with E-state index in [0.29, 0.717) is 24.9 Å². The monoisotopic (exact) mass is 449 g/mol. The molecular weight excluding hydrogens is 417 g/mol. The molecule has 1 saturated heterocycles. The number of amides is 1. The number of methoxy groups -OCH3 is 1. The standard InChI is InChI=1S/C27H32FN3O2/c1-20(32)31(15-21-6-10-24(28)11-7-21)17-23-16-30(18-25-5-4-14-29(25)2)19-27(23)22-8-12-26(33-3)13-9-22/h4-14,23,27H,15-19H2,1-3H3. The van der Waals surface area contributed by atoms with E-state index in [0.717, 1.165) is 30.9 Å². The molecule has 1 aliphatic rings. The zero-order chi connectivity index (χ0) is 23.4. The number of hydrogen-bond acceptors (Lipinski definition) is 3. The molecule has 4 rings (SSSR count). The van der Waals surface area contributed by atoms with Crippen LogP contribution in [0.1, 0.15) is 29.7 Å². The third-order valence-electron chi connectivity index (χ3n) is 6.68. The van der Waals surface area contributed by atoms with Crippen molar-refractivity contribution < 1.29 is 13.9 Å². The van der Waals surface area contributed by atoms with Crippen LogP contribution in [0, 0.1) is 11.7 Å².